The molecular formula is C14H20N2O2. The lowest BCUT2D eigenvalue weighted by atomic mass is 10.0. The molecule has 0 spiro atoms. The number of hydrogen-bond acceptors (Lipinski definition) is 4. The minimum atomic E-state index is 0.0816. The van der Waals surface area contributed by atoms with Gasteiger partial charge >= 0.3 is 0 Å². The van der Waals surface area contributed by atoms with Gasteiger partial charge in [0.2, 0.25) is 0 Å². The second-order valence-corrected chi connectivity index (χ2v) is 4.88. The highest BCUT2D eigenvalue weighted by Crippen LogP contribution is 2.25. The number of anilines is 1. The number of pyridine rings is 1. The molecule has 2 rings (SSSR count). The van der Waals surface area contributed by atoms with E-state index in [-0.39, 0.29) is 5.78 Å². The van der Waals surface area contributed by atoms with Crippen molar-refractivity contribution in [1.29, 1.82) is 0 Å². The highest BCUT2D eigenvalue weighted by molar-refractivity contribution is 5.94. The zero-order valence-corrected chi connectivity index (χ0v) is 11.2. The van der Waals surface area contributed by atoms with Crippen LogP contribution in [0.3, 0.4) is 0 Å². The summed E-state index contributed by atoms with van der Waals surface area (Å²) in [7, 11) is 1.77. The predicted octanol–water partition coefficient (Wildman–Crippen LogP) is 2.29. The molecule has 1 aliphatic rings. The second-order valence-electron chi connectivity index (χ2n) is 4.88. The Hall–Kier alpha value is -1.42. The number of hydrogen-bond donors (Lipinski definition) is 0. The average Bonchev–Trinajstić information content (AvgIpc) is 2.38. The van der Waals surface area contributed by atoms with Crippen molar-refractivity contribution in [1.82, 2.24) is 4.98 Å². The first-order chi connectivity index (χ1) is 8.61. The Morgan fingerprint density at radius 2 is 2.33 bits per heavy atom. The minimum Gasteiger partial charge on any atom is -0.381 e. The Balaban J connectivity index is 2.16. The highest BCUT2D eigenvalue weighted by Gasteiger charge is 2.26. The predicted molar refractivity (Wildman–Crippen MR) is 71.1 cm³/mol. The first-order valence-corrected chi connectivity index (χ1v) is 6.38. The van der Waals surface area contributed by atoms with Gasteiger partial charge in [0.15, 0.2) is 5.78 Å². The third-order valence-electron chi connectivity index (χ3n) is 3.61. The van der Waals surface area contributed by atoms with E-state index in [0.717, 1.165) is 30.8 Å². The number of piperidine rings is 1. The number of Topliss-reactive ketones (excluding diaryl/α,β-unsaturated/α-hetero) is 1. The fourth-order valence-corrected chi connectivity index (χ4v) is 2.48. The van der Waals surface area contributed by atoms with Crippen LogP contribution in [0.1, 0.15) is 37.0 Å². The van der Waals surface area contributed by atoms with Gasteiger partial charge in [-0.05, 0) is 38.8 Å². The van der Waals surface area contributed by atoms with Crippen LogP contribution in [0.25, 0.3) is 0 Å². The van der Waals surface area contributed by atoms with Gasteiger partial charge in [-0.3, -0.25) is 4.79 Å². The SMILES string of the molecule is COC1CCN(c2cc(C(C)=O)ccn2)C(C)C1. The van der Waals surface area contributed by atoms with E-state index in [0.29, 0.717) is 12.1 Å². The van der Waals surface area contributed by atoms with E-state index in [2.05, 4.69) is 16.8 Å². The minimum absolute atomic E-state index is 0.0816. The third kappa shape index (κ3) is 2.70. The van der Waals surface area contributed by atoms with E-state index in [1.165, 1.54) is 0 Å². The quantitative estimate of drug-likeness (QED) is 0.770. The van der Waals surface area contributed by atoms with Crippen LogP contribution in [0.15, 0.2) is 18.3 Å². The van der Waals surface area contributed by atoms with Crippen LogP contribution in [-0.4, -0.2) is 36.6 Å². The van der Waals surface area contributed by atoms with Crippen LogP contribution < -0.4 is 4.90 Å². The molecule has 4 heteroatoms. The van der Waals surface area contributed by atoms with Gasteiger partial charge in [0.05, 0.1) is 6.10 Å². The van der Waals surface area contributed by atoms with Crippen LogP contribution in [0.4, 0.5) is 5.82 Å². The summed E-state index contributed by atoms with van der Waals surface area (Å²) < 4.78 is 5.41. The molecule has 0 amide bonds. The number of carbonyl (C=O) groups excluding carboxylic acids is 1. The topological polar surface area (TPSA) is 42.4 Å². The van der Waals surface area contributed by atoms with E-state index in [9.17, 15) is 4.79 Å². The number of nitrogens with zero attached hydrogens (tertiary/aromatic N) is 2. The summed E-state index contributed by atoms with van der Waals surface area (Å²) in [5.41, 5.74) is 0.723. The average molecular weight is 248 g/mol. The summed E-state index contributed by atoms with van der Waals surface area (Å²) in [6.07, 6.45) is 4.06. The van der Waals surface area contributed by atoms with Gasteiger partial charge in [0.1, 0.15) is 5.82 Å². The highest BCUT2D eigenvalue weighted by atomic mass is 16.5. The molecular weight excluding hydrogens is 228 g/mol. The van der Waals surface area contributed by atoms with Crippen molar-refractivity contribution in [2.24, 2.45) is 0 Å². The van der Waals surface area contributed by atoms with Gasteiger partial charge in [0.25, 0.3) is 0 Å². The Labute approximate surface area is 108 Å². The molecule has 1 aromatic rings. The summed E-state index contributed by atoms with van der Waals surface area (Å²) in [4.78, 5) is 18.0. The molecule has 2 atom stereocenters. The molecule has 1 saturated heterocycles. The standard InChI is InChI=1S/C14H20N2O2/c1-10-8-13(18-3)5-7-16(10)14-9-12(11(2)17)4-6-15-14/h4,6,9-10,13H,5,7-8H2,1-3H3. The van der Waals surface area contributed by atoms with E-state index < -0.39 is 0 Å². The molecule has 4 nitrogen and oxygen atoms in total. The molecule has 0 aromatic carbocycles. The normalized spacial score (nSPS) is 24.1. The van der Waals surface area contributed by atoms with Crippen molar-refractivity contribution < 1.29 is 9.53 Å². The number of methoxy groups -OCH3 is 1. The van der Waals surface area contributed by atoms with E-state index >= 15 is 0 Å². The molecule has 0 bridgehead atoms. The molecule has 2 heterocycles. The summed E-state index contributed by atoms with van der Waals surface area (Å²) in [5, 5.41) is 0. The van der Waals surface area contributed by atoms with Crippen LogP contribution in [0.2, 0.25) is 0 Å². The van der Waals surface area contributed by atoms with Crippen molar-refractivity contribution in [3.63, 3.8) is 0 Å². The summed E-state index contributed by atoms with van der Waals surface area (Å²) >= 11 is 0. The van der Waals surface area contributed by atoms with Crippen LogP contribution in [-0.2, 0) is 4.74 Å². The molecule has 1 aromatic heterocycles. The van der Waals surface area contributed by atoms with Crippen molar-refractivity contribution in [2.45, 2.75) is 38.8 Å². The van der Waals surface area contributed by atoms with Crippen molar-refractivity contribution in [3.8, 4) is 0 Å². The van der Waals surface area contributed by atoms with Gasteiger partial charge in [-0.1, -0.05) is 0 Å². The molecule has 0 saturated carbocycles. The molecule has 0 N–H and O–H groups in total. The monoisotopic (exact) mass is 248 g/mol. The fraction of sp³-hybridized carbons (Fsp3) is 0.571. The number of ether oxygens (including phenoxy) is 1. The summed E-state index contributed by atoms with van der Waals surface area (Å²) in [6.45, 7) is 4.68. The van der Waals surface area contributed by atoms with E-state index in [4.69, 9.17) is 4.74 Å². The summed E-state index contributed by atoms with van der Waals surface area (Å²) in [5.74, 6) is 0.975. The van der Waals surface area contributed by atoms with Crippen LogP contribution in [0, 0.1) is 0 Å². The van der Waals surface area contributed by atoms with Crippen molar-refractivity contribution in [3.05, 3.63) is 23.9 Å². The third-order valence-corrected chi connectivity index (χ3v) is 3.61. The number of ketones is 1. The van der Waals surface area contributed by atoms with Crippen molar-refractivity contribution >= 4 is 11.6 Å². The fourth-order valence-electron chi connectivity index (χ4n) is 2.48. The Morgan fingerprint density at radius 1 is 1.56 bits per heavy atom. The maximum atomic E-state index is 11.4. The van der Waals surface area contributed by atoms with Gasteiger partial charge in [-0.2, -0.15) is 0 Å². The number of carbonyl (C=O) groups is 1. The Bertz CT molecular complexity index is 434. The lowest BCUT2D eigenvalue weighted by molar-refractivity contribution is 0.0719. The van der Waals surface area contributed by atoms with Gasteiger partial charge in [-0.15, -0.1) is 0 Å². The largest absolute Gasteiger partial charge is 0.381 e. The molecule has 0 radical (unpaired) electrons. The molecule has 2 unspecified atom stereocenters. The zero-order valence-electron chi connectivity index (χ0n) is 11.2. The van der Waals surface area contributed by atoms with E-state index in [1.54, 1.807) is 26.3 Å². The Morgan fingerprint density at radius 3 is 2.94 bits per heavy atom. The first kappa shape index (κ1) is 13.0. The number of rotatable bonds is 3. The maximum absolute atomic E-state index is 11.4. The molecule has 18 heavy (non-hydrogen) atoms. The lowest BCUT2D eigenvalue weighted by Gasteiger charge is -2.38. The maximum Gasteiger partial charge on any atom is 0.159 e. The molecule has 98 valence electrons. The molecule has 0 aliphatic carbocycles. The van der Waals surface area contributed by atoms with Gasteiger partial charge in [0, 0.05) is 31.5 Å². The smallest absolute Gasteiger partial charge is 0.159 e. The zero-order chi connectivity index (χ0) is 13.1. The Kier molecular flexibility index (Phi) is 3.97. The van der Waals surface area contributed by atoms with Gasteiger partial charge < -0.3 is 9.64 Å². The molecule has 1 aliphatic heterocycles. The van der Waals surface area contributed by atoms with Crippen LogP contribution in [0.5, 0.6) is 0 Å². The summed E-state index contributed by atoms with van der Waals surface area (Å²) in [6, 6.07) is 4.03. The second kappa shape index (κ2) is 5.48. The van der Waals surface area contributed by atoms with Crippen LogP contribution >= 0.6 is 0 Å². The van der Waals surface area contributed by atoms with Gasteiger partial charge in [-0.25, -0.2) is 4.98 Å². The van der Waals surface area contributed by atoms with Crippen molar-refractivity contribution in [2.75, 3.05) is 18.6 Å². The molecule has 1 fully saturated rings. The van der Waals surface area contributed by atoms with E-state index in [1.807, 2.05) is 6.07 Å². The lowest BCUT2D eigenvalue weighted by Crippen LogP contribution is -2.43. The number of aromatic nitrogens is 1. The first-order valence-electron chi connectivity index (χ1n) is 6.38.